The van der Waals surface area contributed by atoms with Crippen LogP contribution in [0.25, 0.3) is 0 Å². The average molecular weight is 104 g/mol. The minimum Gasteiger partial charge on any atom is -0.0889 e. The van der Waals surface area contributed by atoms with Crippen molar-refractivity contribution in [1.29, 1.82) is 0 Å². The molecule has 0 heterocycles. The molecule has 0 saturated carbocycles. The molecule has 0 nitrogen and oxygen atoms in total. The van der Waals surface area contributed by atoms with Crippen molar-refractivity contribution in [3.05, 3.63) is 11.1 Å². The summed E-state index contributed by atoms with van der Waals surface area (Å²) in [5.41, 5.74) is 0. The van der Waals surface area contributed by atoms with Crippen LogP contribution in [0.4, 0.5) is 0 Å². The van der Waals surface area contributed by atoms with Gasteiger partial charge in [0, 0.05) is 5.03 Å². The van der Waals surface area contributed by atoms with Crippen LogP contribution in [-0.2, 0) is 0 Å². The van der Waals surface area contributed by atoms with Crippen molar-refractivity contribution in [2.24, 2.45) is 0 Å². The molecule has 0 aliphatic rings. The maximum Gasteiger partial charge on any atom is 0.0210 e. The van der Waals surface area contributed by atoms with E-state index in [1.807, 2.05) is 13.8 Å². The molecule has 0 fully saturated rings. The van der Waals surface area contributed by atoms with Gasteiger partial charge in [-0.1, -0.05) is 18.5 Å². The minimum atomic E-state index is 0.815. The molecule has 0 saturated heterocycles. The Morgan fingerprint density at radius 1 is 1.83 bits per heavy atom. The summed E-state index contributed by atoms with van der Waals surface area (Å²) in [7, 11) is 0. The first-order chi connectivity index (χ1) is 2.81. The van der Waals surface area contributed by atoms with Gasteiger partial charge in [-0.25, -0.2) is 0 Å². The first-order valence-electron chi connectivity index (χ1n) is 2.00. The molecule has 0 aromatic carbocycles. The van der Waals surface area contributed by atoms with Crippen molar-refractivity contribution < 1.29 is 0 Å². The van der Waals surface area contributed by atoms with Gasteiger partial charge >= 0.3 is 0 Å². The second-order valence-corrected chi connectivity index (χ2v) is 1.46. The fraction of sp³-hybridized carbons (Fsp3) is 0.600. The van der Waals surface area contributed by atoms with Gasteiger partial charge in [-0.3, -0.25) is 0 Å². The Morgan fingerprint density at radius 3 is 2.33 bits per heavy atom. The Hall–Kier alpha value is 0.0300. The molecule has 0 spiro atoms. The second-order valence-electron chi connectivity index (χ2n) is 1.01. The third kappa shape index (κ3) is 2.28. The lowest BCUT2D eigenvalue weighted by molar-refractivity contribution is 1.18. The van der Waals surface area contributed by atoms with E-state index in [9.17, 15) is 0 Å². The molecule has 0 aromatic rings. The number of halogens is 1. The summed E-state index contributed by atoms with van der Waals surface area (Å²) >= 11 is 5.46. The van der Waals surface area contributed by atoms with Crippen molar-refractivity contribution in [3.8, 4) is 0 Å². The van der Waals surface area contributed by atoms with Gasteiger partial charge in [-0.15, -0.1) is 0 Å². The molecule has 1 radical (unpaired) electrons. The lowest BCUT2D eigenvalue weighted by Crippen LogP contribution is -1.59. The standard InChI is InChI=1S/C5H8Cl/c1-3-5(6)4-2/h3H2,1-2H3. The third-order valence-corrected chi connectivity index (χ3v) is 1.04. The topological polar surface area (TPSA) is 0 Å². The van der Waals surface area contributed by atoms with E-state index in [0.29, 0.717) is 0 Å². The molecule has 0 aliphatic heterocycles. The molecule has 0 rings (SSSR count). The summed E-state index contributed by atoms with van der Waals surface area (Å²) in [6.45, 7) is 3.81. The molecule has 0 bridgehead atoms. The van der Waals surface area contributed by atoms with Gasteiger partial charge in [0.2, 0.25) is 0 Å². The maximum absolute atomic E-state index is 5.46. The summed E-state index contributed by atoms with van der Waals surface area (Å²) in [5.74, 6) is 0. The fourth-order valence-electron chi connectivity index (χ4n) is 0.177. The van der Waals surface area contributed by atoms with Crippen LogP contribution in [0.3, 0.4) is 0 Å². The first kappa shape index (κ1) is 6.03. The van der Waals surface area contributed by atoms with Gasteiger partial charge in [-0.2, -0.15) is 0 Å². The van der Waals surface area contributed by atoms with E-state index in [4.69, 9.17) is 11.6 Å². The van der Waals surface area contributed by atoms with Gasteiger partial charge in [0.25, 0.3) is 0 Å². The monoisotopic (exact) mass is 103 g/mol. The molecule has 1 heteroatoms. The van der Waals surface area contributed by atoms with Crippen molar-refractivity contribution in [1.82, 2.24) is 0 Å². The zero-order chi connectivity index (χ0) is 4.99. The fourth-order valence-corrected chi connectivity index (χ4v) is 0.177. The van der Waals surface area contributed by atoms with Crippen LogP contribution >= 0.6 is 11.6 Å². The molecule has 0 N–H and O–H groups in total. The van der Waals surface area contributed by atoms with E-state index in [-0.39, 0.29) is 0 Å². The Balaban J connectivity index is 3.22. The zero-order valence-corrected chi connectivity index (χ0v) is 4.84. The molecule has 35 valence electrons. The van der Waals surface area contributed by atoms with E-state index in [1.165, 1.54) is 0 Å². The number of allylic oxidation sites excluding steroid dienone is 2. The van der Waals surface area contributed by atoms with Crippen LogP contribution in [0.15, 0.2) is 5.03 Å². The molecule has 6 heavy (non-hydrogen) atoms. The van der Waals surface area contributed by atoms with Crippen molar-refractivity contribution in [3.63, 3.8) is 0 Å². The third-order valence-electron chi connectivity index (χ3n) is 0.582. The Kier molecular flexibility index (Phi) is 3.24. The highest BCUT2D eigenvalue weighted by Gasteiger charge is 1.77. The Labute approximate surface area is 43.8 Å². The largest absolute Gasteiger partial charge is 0.0889 e. The quantitative estimate of drug-likeness (QED) is 0.478. The Morgan fingerprint density at radius 2 is 2.33 bits per heavy atom. The maximum atomic E-state index is 5.46. The van der Waals surface area contributed by atoms with Crippen LogP contribution in [-0.4, -0.2) is 0 Å². The van der Waals surface area contributed by atoms with E-state index in [0.717, 1.165) is 11.5 Å². The average Bonchev–Trinajstić information content (AvgIpc) is 1.65. The van der Waals surface area contributed by atoms with Gasteiger partial charge in [0.1, 0.15) is 0 Å². The summed E-state index contributed by atoms with van der Waals surface area (Å²) in [4.78, 5) is 0. The SMILES string of the molecule is C/[C]=C(/Cl)CC. The number of hydrogen-bond donors (Lipinski definition) is 0. The molecule has 0 amide bonds. The van der Waals surface area contributed by atoms with Crippen molar-refractivity contribution in [2.75, 3.05) is 0 Å². The van der Waals surface area contributed by atoms with E-state index < -0.39 is 0 Å². The predicted octanol–water partition coefficient (Wildman–Crippen LogP) is 2.34. The smallest absolute Gasteiger partial charge is 0.0210 e. The molecule has 0 unspecified atom stereocenters. The Bertz CT molecular complexity index is 55.0. The van der Waals surface area contributed by atoms with E-state index in [1.54, 1.807) is 0 Å². The number of rotatable bonds is 1. The molecule has 0 atom stereocenters. The number of hydrogen-bond acceptors (Lipinski definition) is 0. The minimum absolute atomic E-state index is 0.815. The van der Waals surface area contributed by atoms with E-state index in [2.05, 4.69) is 6.08 Å². The lowest BCUT2D eigenvalue weighted by Gasteiger charge is -1.80. The summed E-state index contributed by atoms with van der Waals surface area (Å²) in [6, 6.07) is 0. The van der Waals surface area contributed by atoms with Crippen LogP contribution in [0.5, 0.6) is 0 Å². The van der Waals surface area contributed by atoms with Crippen LogP contribution in [0.1, 0.15) is 20.3 Å². The van der Waals surface area contributed by atoms with Crippen LogP contribution < -0.4 is 0 Å². The molecular formula is C5H8Cl. The van der Waals surface area contributed by atoms with Gasteiger partial charge in [-0.05, 0) is 19.4 Å². The molecule has 0 aromatic heterocycles. The van der Waals surface area contributed by atoms with Crippen LogP contribution in [0, 0.1) is 6.08 Å². The summed E-state index contributed by atoms with van der Waals surface area (Å²) < 4.78 is 0. The second kappa shape index (κ2) is 3.23. The van der Waals surface area contributed by atoms with Gasteiger partial charge in [0.05, 0.1) is 0 Å². The van der Waals surface area contributed by atoms with E-state index >= 15 is 0 Å². The highest BCUT2D eigenvalue weighted by molar-refractivity contribution is 6.29. The predicted molar refractivity (Wildman–Crippen MR) is 28.6 cm³/mol. The van der Waals surface area contributed by atoms with Gasteiger partial charge < -0.3 is 0 Å². The van der Waals surface area contributed by atoms with Crippen LogP contribution in [0.2, 0.25) is 0 Å². The van der Waals surface area contributed by atoms with Crippen molar-refractivity contribution in [2.45, 2.75) is 20.3 Å². The highest BCUT2D eigenvalue weighted by Crippen LogP contribution is 2.02. The van der Waals surface area contributed by atoms with Gasteiger partial charge in [0.15, 0.2) is 0 Å². The molecular weight excluding hydrogens is 95.5 g/mol. The zero-order valence-electron chi connectivity index (χ0n) is 4.09. The summed E-state index contributed by atoms with van der Waals surface area (Å²) in [5, 5.41) is 0.815. The molecule has 0 aliphatic carbocycles. The van der Waals surface area contributed by atoms with Crippen molar-refractivity contribution >= 4 is 11.6 Å². The first-order valence-corrected chi connectivity index (χ1v) is 2.38. The lowest BCUT2D eigenvalue weighted by atomic mass is 10.4. The highest BCUT2D eigenvalue weighted by atomic mass is 35.5. The summed E-state index contributed by atoms with van der Waals surface area (Å²) in [6.07, 6.45) is 3.70. The normalized spacial score (nSPS) is 12.2.